The van der Waals surface area contributed by atoms with Gasteiger partial charge in [-0.05, 0) is 35.7 Å². The van der Waals surface area contributed by atoms with Crippen LogP contribution in [0.3, 0.4) is 0 Å². The molecule has 0 aromatic heterocycles. The van der Waals surface area contributed by atoms with Crippen molar-refractivity contribution in [1.29, 1.82) is 0 Å². The minimum Gasteiger partial charge on any atom is -0.491 e. The Hall–Kier alpha value is -1.83. The lowest BCUT2D eigenvalue weighted by Gasteiger charge is -2.09. The SMILES string of the molecule is CCCCCCCCCOc1ccc(-c2cc[c]cc2)cc1F. The van der Waals surface area contributed by atoms with Crippen molar-refractivity contribution in [2.45, 2.75) is 51.9 Å². The smallest absolute Gasteiger partial charge is 0.165 e. The molecule has 1 nitrogen and oxygen atoms in total. The maximum Gasteiger partial charge on any atom is 0.165 e. The van der Waals surface area contributed by atoms with E-state index in [1.54, 1.807) is 6.07 Å². The molecule has 2 aromatic rings. The molecular formula is C21H26FO. The van der Waals surface area contributed by atoms with Gasteiger partial charge in [0.05, 0.1) is 6.61 Å². The standard InChI is InChI=1S/C21H26FO/c1-2-3-4-5-6-7-11-16-23-21-15-14-19(17-20(21)22)18-12-9-8-10-13-18/h9-10,12-15,17H,2-7,11,16H2,1H3. The van der Waals surface area contributed by atoms with Gasteiger partial charge in [0.2, 0.25) is 0 Å². The predicted molar refractivity (Wildman–Crippen MR) is 94.2 cm³/mol. The van der Waals surface area contributed by atoms with Crippen LogP contribution in [0.1, 0.15) is 51.9 Å². The number of unbranched alkanes of at least 4 members (excludes halogenated alkanes) is 6. The number of ether oxygens (including phenoxy) is 1. The van der Waals surface area contributed by atoms with Gasteiger partial charge in [-0.3, -0.25) is 0 Å². The highest BCUT2D eigenvalue weighted by molar-refractivity contribution is 5.64. The molecule has 0 heterocycles. The van der Waals surface area contributed by atoms with Crippen LogP contribution >= 0.6 is 0 Å². The summed E-state index contributed by atoms with van der Waals surface area (Å²) >= 11 is 0. The molecule has 2 aromatic carbocycles. The number of halogens is 1. The summed E-state index contributed by atoms with van der Waals surface area (Å²) in [5.74, 6) is 0.0560. The van der Waals surface area contributed by atoms with Crippen LogP contribution in [0.4, 0.5) is 4.39 Å². The Morgan fingerprint density at radius 3 is 2.26 bits per heavy atom. The first kappa shape index (κ1) is 17.5. The average Bonchev–Trinajstić information content (AvgIpc) is 2.59. The van der Waals surface area contributed by atoms with Gasteiger partial charge in [-0.25, -0.2) is 4.39 Å². The maximum absolute atomic E-state index is 14.1. The zero-order chi connectivity index (χ0) is 16.3. The van der Waals surface area contributed by atoms with Crippen molar-refractivity contribution in [2.75, 3.05) is 6.61 Å². The third-order valence-corrected chi connectivity index (χ3v) is 3.99. The number of benzene rings is 2. The van der Waals surface area contributed by atoms with Gasteiger partial charge in [-0.15, -0.1) is 0 Å². The molecule has 0 bridgehead atoms. The van der Waals surface area contributed by atoms with Crippen LogP contribution in [-0.4, -0.2) is 6.61 Å². The van der Waals surface area contributed by atoms with Crippen molar-refractivity contribution >= 4 is 0 Å². The summed E-state index contributed by atoms with van der Waals surface area (Å²) in [4.78, 5) is 0. The second-order valence-corrected chi connectivity index (χ2v) is 5.90. The molecule has 0 atom stereocenters. The van der Waals surface area contributed by atoms with Crippen molar-refractivity contribution in [3.63, 3.8) is 0 Å². The number of rotatable bonds is 10. The molecule has 0 aliphatic rings. The molecule has 0 aliphatic carbocycles. The molecule has 0 spiro atoms. The zero-order valence-electron chi connectivity index (χ0n) is 14.0. The molecule has 2 heteroatoms. The van der Waals surface area contributed by atoms with Crippen LogP contribution in [0, 0.1) is 11.9 Å². The van der Waals surface area contributed by atoms with Crippen molar-refractivity contribution in [2.24, 2.45) is 0 Å². The molecule has 23 heavy (non-hydrogen) atoms. The van der Waals surface area contributed by atoms with Gasteiger partial charge in [0.25, 0.3) is 0 Å². The fourth-order valence-corrected chi connectivity index (χ4v) is 2.62. The van der Waals surface area contributed by atoms with E-state index < -0.39 is 0 Å². The minimum absolute atomic E-state index is 0.293. The summed E-state index contributed by atoms with van der Waals surface area (Å²) in [5, 5.41) is 0. The van der Waals surface area contributed by atoms with E-state index in [2.05, 4.69) is 13.0 Å². The molecule has 0 fully saturated rings. The monoisotopic (exact) mass is 313 g/mol. The van der Waals surface area contributed by atoms with Crippen LogP contribution in [0.2, 0.25) is 0 Å². The van der Waals surface area contributed by atoms with E-state index in [1.165, 1.54) is 38.2 Å². The Bertz CT molecular complexity index is 565. The lowest BCUT2D eigenvalue weighted by Crippen LogP contribution is -1.99. The first-order valence-electron chi connectivity index (χ1n) is 8.70. The largest absolute Gasteiger partial charge is 0.491 e. The zero-order valence-corrected chi connectivity index (χ0v) is 14.0. The molecule has 2 rings (SSSR count). The van der Waals surface area contributed by atoms with Crippen LogP contribution in [-0.2, 0) is 0 Å². The number of hydrogen-bond acceptors (Lipinski definition) is 1. The molecular weight excluding hydrogens is 287 g/mol. The van der Waals surface area contributed by atoms with Crippen LogP contribution in [0.5, 0.6) is 5.75 Å². The molecule has 0 saturated heterocycles. The molecule has 0 unspecified atom stereocenters. The van der Waals surface area contributed by atoms with E-state index in [-0.39, 0.29) is 5.82 Å². The summed E-state index contributed by atoms with van der Waals surface area (Å²) in [6.07, 6.45) is 8.62. The molecule has 0 aliphatic heterocycles. The third-order valence-electron chi connectivity index (χ3n) is 3.99. The Morgan fingerprint density at radius 2 is 1.57 bits per heavy atom. The van der Waals surface area contributed by atoms with Crippen molar-refractivity contribution in [3.8, 4) is 16.9 Å². The first-order chi connectivity index (χ1) is 11.3. The Morgan fingerprint density at radius 1 is 0.870 bits per heavy atom. The first-order valence-corrected chi connectivity index (χ1v) is 8.70. The lowest BCUT2D eigenvalue weighted by molar-refractivity contribution is 0.290. The van der Waals surface area contributed by atoms with E-state index in [0.29, 0.717) is 12.4 Å². The third kappa shape index (κ3) is 6.05. The van der Waals surface area contributed by atoms with E-state index in [9.17, 15) is 4.39 Å². The molecule has 1 radical (unpaired) electrons. The van der Waals surface area contributed by atoms with Gasteiger partial charge in [0.15, 0.2) is 11.6 Å². The summed E-state index contributed by atoms with van der Waals surface area (Å²) in [6.45, 7) is 2.81. The van der Waals surface area contributed by atoms with Gasteiger partial charge in [-0.1, -0.05) is 75.8 Å². The maximum atomic E-state index is 14.1. The van der Waals surface area contributed by atoms with Gasteiger partial charge >= 0.3 is 0 Å². The summed E-state index contributed by atoms with van der Waals surface area (Å²) in [7, 11) is 0. The van der Waals surface area contributed by atoms with Crippen LogP contribution in [0.15, 0.2) is 42.5 Å². The van der Waals surface area contributed by atoms with Crippen molar-refractivity contribution < 1.29 is 9.13 Å². The predicted octanol–water partition coefficient (Wildman–Crippen LogP) is 6.42. The Labute approximate surface area is 139 Å². The summed E-state index contributed by atoms with van der Waals surface area (Å²) in [5.41, 5.74) is 1.85. The molecule has 0 saturated carbocycles. The van der Waals surface area contributed by atoms with Gasteiger partial charge in [0, 0.05) is 0 Å². The Kier molecular flexibility index (Phi) is 7.65. The van der Waals surface area contributed by atoms with Gasteiger partial charge < -0.3 is 4.74 Å². The fraction of sp³-hybridized carbons (Fsp3) is 0.429. The molecule has 123 valence electrons. The lowest BCUT2D eigenvalue weighted by atomic mass is 10.1. The highest BCUT2D eigenvalue weighted by Gasteiger charge is 2.06. The second-order valence-electron chi connectivity index (χ2n) is 5.90. The van der Waals surface area contributed by atoms with E-state index in [1.807, 2.05) is 30.3 Å². The van der Waals surface area contributed by atoms with Crippen molar-refractivity contribution in [1.82, 2.24) is 0 Å². The highest BCUT2D eigenvalue weighted by Crippen LogP contribution is 2.25. The Balaban J connectivity index is 1.74. The van der Waals surface area contributed by atoms with Crippen LogP contribution in [0.25, 0.3) is 11.1 Å². The molecule has 0 N–H and O–H groups in total. The molecule has 0 amide bonds. The van der Waals surface area contributed by atoms with Crippen LogP contribution < -0.4 is 4.74 Å². The average molecular weight is 313 g/mol. The van der Waals surface area contributed by atoms with Crippen molar-refractivity contribution in [3.05, 3.63) is 54.3 Å². The highest BCUT2D eigenvalue weighted by atomic mass is 19.1. The normalized spacial score (nSPS) is 10.7. The summed E-state index contributed by atoms with van der Waals surface area (Å²) < 4.78 is 19.7. The minimum atomic E-state index is -0.293. The van der Waals surface area contributed by atoms with E-state index in [0.717, 1.165) is 24.0 Å². The van der Waals surface area contributed by atoms with E-state index >= 15 is 0 Å². The van der Waals surface area contributed by atoms with Gasteiger partial charge in [0.1, 0.15) is 0 Å². The van der Waals surface area contributed by atoms with E-state index in [4.69, 9.17) is 4.74 Å². The fourth-order valence-electron chi connectivity index (χ4n) is 2.62. The van der Waals surface area contributed by atoms with Gasteiger partial charge in [-0.2, -0.15) is 0 Å². The quantitative estimate of drug-likeness (QED) is 0.460. The number of hydrogen-bond donors (Lipinski definition) is 0. The summed E-state index contributed by atoms with van der Waals surface area (Å²) in [6, 6.07) is 15.6. The second kappa shape index (κ2) is 10.0. The topological polar surface area (TPSA) is 9.23 Å².